The summed E-state index contributed by atoms with van der Waals surface area (Å²) in [5.74, 6) is -0.0365. The highest BCUT2D eigenvalue weighted by molar-refractivity contribution is 5.95. The molecule has 0 aliphatic rings. The predicted octanol–water partition coefficient (Wildman–Crippen LogP) is 4.29. The number of aryl methyl sites for hydroxylation is 1. The Hall–Kier alpha value is -3.88. The van der Waals surface area contributed by atoms with Crippen molar-refractivity contribution in [2.45, 2.75) is 27.2 Å². The number of anilines is 1. The topological polar surface area (TPSA) is 117 Å². The van der Waals surface area contributed by atoms with Gasteiger partial charge in [-0.2, -0.15) is 0 Å². The molecule has 2 aromatic carbocycles. The van der Waals surface area contributed by atoms with E-state index in [-0.39, 0.29) is 5.69 Å². The molecule has 0 radical (unpaired) electrons. The van der Waals surface area contributed by atoms with Gasteiger partial charge < -0.3 is 19.5 Å². The number of nitrogens with one attached hydrogen (secondary N) is 1. The normalized spacial score (nSPS) is 10.6. The van der Waals surface area contributed by atoms with Gasteiger partial charge in [0, 0.05) is 23.9 Å². The molecule has 0 aliphatic heterocycles. The Balaban J connectivity index is 1.91. The maximum absolute atomic E-state index is 12.0. The van der Waals surface area contributed by atoms with Crippen molar-refractivity contribution in [3.63, 3.8) is 0 Å². The molecule has 0 aliphatic carbocycles. The van der Waals surface area contributed by atoms with Crippen molar-refractivity contribution < 1.29 is 28.7 Å². The van der Waals surface area contributed by atoms with E-state index in [1.54, 1.807) is 31.2 Å². The quantitative estimate of drug-likeness (QED) is 0.239. The summed E-state index contributed by atoms with van der Waals surface area (Å²) < 4.78 is 16.2. The van der Waals surface area contributed by atoms with E-state index >= 15 is 0 Å². The molecule has 0 heterocycles. The van der Waals surface area contributed by atoms with Crippen LogP contribution in [0, 0.1) is 17.0 Å². The number of ether oxygens (including phenoxy) is 3. The lowest BCUT2D eigenvalue weighted by molar-refractivity contribution is -0.384. The van der Waals surface area contributed by atoms with Crippen molar-refractivity contribution in [3.8, 4) is 11.5 Å². The summed E-state index contributed by atoms with van der Waals surface area (Å²) in [6.07, 6.45) is 3.63. The van der Waals surface area contributed by atoms with Crippen LogP contribution in [0.4, 0.5) is 11.4 Å². The van der Waals surface area contributed by atoms with Crippen LogP contribution in [0.2, 0.25) is 0 Å². The Morgan fingerprint density at radius 1 is 1.09 bits per heavy atom. The molecule has 0 saturated carbocycles. The summed E-state index contributed by atoms with van der Waals surface area (Å²) in [4.78, 5) is 34.2. The third kappa shape index (κ3) is 7.42. The maximum Gasteiger partial charge on any atom is 0.331 e. The van der Waals surface area contributed by atoms with E-state index in [4.69, 9.17) is 14.2 Å². The van der Waals surface area contributed by atoms with Gasteiger partial charge in [0.1, 0.15) is 0 Å². The molecule has 1 N–H and O–H groups in total. The molecule has 170 valence electrons. The Bertz CT molecular complexity index is 1000. The summed E-state index contributed by atoms with van der Waals surface area (Å²) >= 11 is 0. The van der Waals surface area contributed by atoms with Crippen LogP contribution in [-0.4, -0.2) is 36.6 Å². The van der Waals surface area contributed by atoms with Gasteiger partial charge in [-0.1, -0.05) is 13.0 Å². The van der Waals surface area contributed by atoms with E-state index in [1.165, 1.54) is 24.3 Å². The van der Waals surface area contributed by atoms with Gasteiger partial charge in [-0.3, -0.25) is 14.9 Å². The first kappa shape index (κ1) is 24.4. The fourth-order valence-electron chi connectivity index (χ4n) is 2.66. The van der Waals surface area contributed by atoms with Crippen molar-refractivity contribution in [1.29, 1.82) is 0 Å². The number of carbonyl (C=O) groups is 2. The molecule has 1 amide bonds. The van der Waals surface area contributed by atoms with Crippen molar-refractivity contribution in [2.24, 2.45) is 0 Å². The van der Waals surface area contributed by atoms with E-state index in [0.717, 1.165) is 6.42 Å². The molecule has 0 atom stereocenters. The van der Waals surface area contributed by atoms with Gasteiger partial charge in [-0.15, -0.1) is 0 Å². The lowest BCUT2D eigenvalue weighted by atomic mass is 10.2. The minimum Gasteiger partial charge on any atom is -0.490 e. The molecule has 0 fully saturated rings. The fourth-order valence-corrected chi connectivity index (χ4v) is 2.66. The molecule has 0 bridgehead atoms. The second kappa shape index (κ2) is 12.1. The zero-order valence-electron chi connectivity index (χ0n) is 18.3. The number of benzene rings is 2. The minimum atomic E-state index is -0.690. The van der Waals surface area contributed by atoms with E-state index in [1.807, 2.05) is 13.8 Å². The van der Waals surface area contributed by atoms with Gasteiger partial charge in [-0.25, -0.2) is 4.79 Å². The molecule has 2 rings (SSSR count). The van der Waals surface area contributed by atoms with Crippen LogP contribution < -0.4 is 14.8 Å². The van der Waals surface area contributed by atoms with Crippen LogP contribution in [0.15, 0.2) is 42.5 Å². The highest BCUT2D eigenvalue weighted by Gasteiger charge is 2.11. The number of nitro groups is 1. The fraction of sp³-hybridized carbons (Fsp3) is 0.304. The van der Waals surface area contributed by atoms with Crippen molar-refractivity contribution in [1.82, 2.24) is 0 Å². The third-order valence-electron chi connectivity index (χ3n) is 4.18. The van der Waals surface area contributed by atoms with Gasteiger partial charge in [-0.05, 0) is 55.7 Å². The average molecular weight is 442 g/mol. The molecule has 32 heavy (non-hydrogen) atoms. The molecule has 0 spiro atoms. The molecule has 0 saturated heterocycles. The summed E-state index contributed by atoms with van der Waals surface area (Å²) in [7, 11) is 0. The summed E-state index contributed by atoms with van der Waals surface area (Å²) in [6, 6.07) is 9.36. The monoisotopic (exact) mass is 442 g/mol. The van der Waals surface area contributed by atoms with Gasteiger partial charge in [0.15, 0.2) is 18.1 Å². The number of esters is 1. The largest absolute Gasteiger partial charge is 0.490 e. The zero-order valence-corrected chi connectivity index (χ0v) is 18.3. The summed E-state index contributed by atoms with van der Waals surface area (Å²) in [5, 5.41) is 13.3. The van der Waals surface area contributed by atoms with Crippen LogP contribution >= 0.6 is 0 Å². The van der Waals surface area contributed by atoms with Crippen molar-refractivity contribution in [3.05, 3.63) is 63.7 Å². The number of nitrogens with zero attached hydrogens (tertiary/aromatic N) is 1. The Morgan fingerprint density at radius 3 is 2.53 bits per heavy atom. The zero-order chi connectivity index (χ0) is 23.5. The second-order valence-corrected chi connectivity index (χ2v) is 6.73. The first-order chi connectivity index (χ1) is 15.3. The molecule has 9 nitrogen and oxygen atoms in total. The van der Waals surface area contributed by atoms with Gasteiger partial charge >= 0.3 is 5.97 Å². The number of rotatable bonds is 11. The van der Waals surface area contributed by atoms with E-state index in [9.17, 15) is 19.7 Å². The van der Waals surface area contributed by atoms with Gasteiger partial charge in [0.25, 0.3) is 11.6 Å². The van der Waals surface area contributed by atoms with Crippen LogP contribution in [0.1, 0.15) is 31.4 Å². The summed E-state index contributed by atoms with van der Waals surface area (Å²) in [5.41, 5.74) is 1.56. The number of non-ortho nitro benzene ring substituents is 1. The Labute approximate surface area is 186 Å². The second-order valence-electron chi connectivity index (χ2n) is 6.73. The Morgan fingerprint density at radius 2 is 1.88 bits per heavy atom. The molecule has 2 aromatic rings. The van der Waals surface area contributed by atoms with Crippen molar-refractivity contribution >= 4 is 29.3 Å². The third-order valence-corrected chi connectivity index (χ3v) is 4.18. The number of hydrogen-bond acceptors (Lipinski definition) is 7. The average Bonchev–Trinajstić information content (AvgIpc) is 2.77. The molecule has 0 unspecified atom stereocenters. The predicted molar refractivity (Wildman–Crippen MR) is 120 cm³/mol. The van der Waals surface area contributed by atoms with E-state index in [2.05, 4.69) is 5.32 Å². The molecular formula is C23H26N2O7. The lowest BCUT2D eigenvalue weighted by Gasteiger charge is -2.12. The number of amides is 1. The lowest BCUT2D eigenvalue weighted by Crippen LogP contribution is -2.20. The maximum atomic E-state index is 12.0. The van der Waals surface area contributed by atoms with Gasteiger partial charge in [0.2, 0.25) is 0 Å². The van der Waals surface area contributed by atoms with Gasteiger partial charge in [0.05, 0.1) is 18.1 Å². The molecular weight excluding hydrogens is 416 g/mol. The number of carbonyl (C=O) groups excluding carboxylic acids is 2. The van der Waals surface area contributed by atoms with Crippen LogP contribution in [0.5, 0.6) is 11.5 Å². The molecule has 9 heteroatoms. The first-order valence-electron chi connectivity index (χ1n) is 10.1. The minimum absolute atomic E-state index is 0.0745. The van der Waals surface area contributed by atoms with E-state index < -0.39 is 23.4 Å². The Kier molecular flexibility index (Phi) is 9.22. The highest BCUT2D eigenvalue weighted by Crippen LogP contribution is 2.29. The highest BCUT2D eigenvalue weighted by atomic mass is 16.6. The van der Waals surface area contributed by atoms with Crippen LogP contribution in [0.3, 0.4) is 0 Å². The first-order valence-corrected chi connectivity index (χ1v) is 10.1. The summed E-state index contributed by atoms with van der Waals surface area (Å²) in [6.45, 7) is 6.06. The van der Waals surface area contributed by atoms with E-state index in [0.29, 0.717) is 41.5 Å². The standard InChI is InChI=1S/C23H26N2O7/c1-4-12-31-20-10-6-17(14-21(20)30-5-2)7-11-23(27)32-15-22(26)24-19-9-8-18(25(28)29)13-16(19)3/h6-11,13-14H,4-5,12,15H2,1-3H3,(H,24,26)/b11-7+. The van der Waals surface area contributed by atoms with Crippen LogP contribution in [-0.2, 0) is 14.3 Å². The van der Waals surface area contributed by atoms with Crippen LogP contribution in [0.25, 0.3) is 6.08 Å². The number of nitro benzene ring substituents is 1. The smallest absolute Gasteiger partial charge is 0.331 e. The SMILES string of the molecule is CCCOc1ccc(/C=C/C(=O)OCC(=O)Nc2ccc([N+](=O)[O-])cc2C)cc1OCC. The molecule has 0 aromatic heterocycles. The number of hydrogen-bond donors (Lipinski definition) is 1. The van der Waals surface area contributed by atoms with Crippen molar-refractivity contribution in [2.75, 3.05) is 25.1 Å².